The van der Waals surface area contributed by atoms with Crippen molar-refractivity contribution in [3.05, 3.63) is 42.2 Å². The number of aromatic nitrogens is 2. The van der Waals surface area contributed by atoms with Crippen molar-refractivity contribution >= 4 is 17.5 Å². The van der Waals surface area contributed by atoms with Gasteiger partial charge in [-0.05, 0) is 63.0 Å². The van der Waals surface area contributed by atoms with Gasteiger partial charge in [0.25, 0.3) is 5.91 Å². The normalized spacial score (nSPS) is 21.2. The average molecular weight is 469 g/mol. The molecule has 1 amide bonds. The van der Waals surface area contributed by atoms with Gasteiger partial charge in [-0.1, -0.05) is 6.42 Å². The van der Waals surface area contributed by atoms with Gasteiger partial charge in [0.1, 0.15) is 30.3 Å². The number of carbonyl (C=O) groups is 1. The highest BCUT2D eigenvalue weighted by molar-refractivity contribution is 5.94. The second-order valence-corrected chi connectivity index (χ2v) is 9.22. The summed E-state index contributed by atoms with van der Waals surface area (Å²) in [6.07, 6.45) is 6.82. The van der Waals surface area contributed by atoms with Gasteiger partial charge in [0.2, 0.25) is 0 Å². The molecule has 9 heteroatoms. The van der Waals surface area contributed by atoms with Gasteiger partial charge in [-0.3, -0.25) is 9.69 Å². The third-order valence-electron chi connectivity index (χ3n) is 6.61. The Morgan fingerprint density at radius 2 is 1.91 bits per heavy atom. The van der Waals surface area contributed by atoms with E-state index in [9.17, 15) is 9.90 Å². The molecule has 2 fully saturated rings. The molecule has 0 unspecified atom stereocenters. The number of likely N-dealkylation sites (tertiary alicyclic amines) is 1. The summed E-state index contributed by atoms with van der Waals surface area (Å²) < 4.78 is 5.85. The summed E-state index contributed by atoms with van der Waals surface area (Å²) in [7, 11) is 1.81. The van der Waals surface area contributed by atoms with Crippen LogP contribution in [-0.2, 0) is 0 Å². The first-order valence-corrected chi connectivity index (χ1v) is 12.3. The van der Waals surface area contributed by atoms with Gasteiger partial charge in [0, 0.05) is 44.9 Å². The average Bonchev–Trinajstić information content (AvgIpc) is 2.88. The Balaban J connectivity index is 1.25. The molecule has 9 nitrogen and oxygen atoms in total. The fourth-order valence-corrected chi connectivity index (χ4v) is 4.63. The first-order valence-electron chi connectivity index (χ1n) is 12.3. The lowest BCUT2D eigenvalue weighted by atomic mass is 9.92. The van der Waals surface area contributed by atoms with Gasteiger partial charge in [0.15, 0.2) is 0 Å². The van der Waals surface area contributed by atoms with Crippen LogP contribution < -0.4 is 20.3 Å². The van der Waals surface area contributed by atoms with E-state index in [2.05, 4.69) is 25.5 Å². The molecule has 2 aromatic rings. The number of hydrogen-bond acceptors (Lipinski definition) is 8. The molecule has 2 saturated heterocycles. The number of anilines is 2. The van der Waals surface area contributed by atoms with Crippen LogP contribution in [0.2, 0.25) is 0 Å². The topological polar surface area (TPSA) is 103 Å². The second kappa shape index (κ2) is 11.5. The largest absolute Gasteiger partial charge is 0.492 e. The molecule has 3 N–H and O–H groups in total. The van der Waals surface area contributed by atoms with Crippen molar-refractivity contribution in [3.63, 3.8) is 0 Å². The summed E-state index contributed by atoms with van der Waals surface area (Å²) in [6.45, 7) is 5.28. The number of carbonyl (C=O) groups excluding carboxylic acids is 1. The quantitative estimate of drug-likeness (QED) is 0.515. The van der Waals surface area contributed by atoms with E-state index < -0.39 is 5.60 Å². The molecule has 184 valence electrons. The van der Waals surface area contributed by atoms with Crippen molar-refractivity contribution in [1.82, 2.24) is 20.2 Å². The maximum atomic E-state index is 12.7. The predicted octanol–water partition coefficient (Wildman–Crippen LogP) is 2.14. The third kappa shape index (κ3) is 6.57. The van der Waals surface area contributed by atoms with E-state index in [0.29, 0.717) is 25.1 Å². The van der Waals surface area contributed by atoms with E-state index in [4.69, 9.17) is 4.74 Å². The predicted molar refractivity (Wildman–Crippen MR) is 133 cm³/mol. The Bertz CT molecular complexity index is 935. The lowest BCUT2D eigenvalue weighted by Gasteiger charge is -2.39. The van der Waals surface area contributed by atoms with Crippen LogP contribution in [0.15, 0.2) is 36.7 Å². The first kappa shape index (κ1) is 24.2. The van der Waals surface area contributed by atoms with Crippen molar-refractivity contribution in [2.24, 2.45) is 0 Å². The van der Waals surface area contributed by atoms with Gasteiger partial charge in [-0.2, -0.15) is 0 Å². The number of aliphatic hydroxyl groups is 1. The van der Waals surface area contributed by atoms with Crippen LogP contribution in [0, 0.1) is 0 Å². The highest BCUT2D eigenvalue weighted by Crippen LogP contribution is 2.25. The number of benzene rings is 1. The van der Waals surface area contributed by atoms with Gasteiger partial charge < -0.3 is 25.4 Å². The molecule has 1 atom stereocenters. The number of β-amino-alcohol motifs (C(OH)–C–C–N with tert-alkyl or cyclic N) is 1. The van der Waals surface area contributed by atoms with Crippen LogP contribution >= 0.6 is 0 Å². The molecule has 1 aromatic heterocycles. The summed E-state index contributed by atoms with van der Waals surface area (Å²) >= 11 is 0. The Hall–Kier alpha value is -2.91. The molecular weight excluding hydrogens is 432 g/mol. The van der Waals surface area contributed by atoms with Crippen molar-refractivity contribution in [3.8, 4) is 5.75 Å². The minimum Gasteiger partial charge on any atom is -0.492 e. The summed E-state index contributed by atoms with van der Waals surface area (Å²) in [4.78, 5) is 25.6. The fraction of sp³-hybridized carbons (Fsp3) is 0.560. The molecule has 2 aliphatic rings. The number of piperidine rings is 2. The summed E-state index contributed by atoms with van der Waals surface area (Å²) in [5, 5.41) is 17.0. The van der Waals surface area contributed by atoms with Gasteiger partial charge in [-0.25, -0.2) is 9.97 Å². The lowest BCUT2D eigenvalue weighted by Crippen LogP contribution is -2.54. The van der Waals surface area contributed by atoms with Crippen LogP contribution in [0.25, 0.3) is 0 Å². The molecule has 0 spiro atoms. The zero-order valence-electron chi connectivity index (χ0n) is 20.0. The summed E-state index contributed by atoms with van der Waals surface area (Å²) in [5.41, 5.74) is -0.468. The SMILES string of the molecule is CNc1cc(N2CCC[C@](O)(CNC(=O)c3ccc(OCCN4CCCCC4)cc3)C2)ncn1. The molecule has 0 aliphatic carbocycles. The van der Waals surface area contributed by atoms with Crippen molar-refractivity contribution in [1.29, 1.82) is 0 Å². The maximum Gasteiger partial charge on any atom is 0.251 e. The maximum absolute atomic E-state index is 12.7. The summed E-state index contributed by atoms with van der Waals surface area (Å²) in [5.74, 6) is 2.05. The summed E-state index contributed by atoms with van der Waals surface area (Å²) in [6, 6.07) is 9.06. The highest BCUT2D eigenvalue weighted by Gasteiger charge is 2.34. The lowest BCUT2D eigenvalue weighted by molar-refractivity contribution is 0.0254. The number of hydrogen-bond donors (Lipinski definition) is 3. The molecule has 3 heterocycles. The number of nitrogens with zero attached hydrogens (tertiary/aromatic N) is 4. The molecule has 0 bridgehead atoms. The smallest absolute Gasteiger partial charge is 0.251 e. The zero-order chi connectivity index (χ0) is 23.8. The zero-order valence-corrected chi connectivity index (χ0v) is 20.0. The number of nitrogens with one attached hydrogen (secondary N) is 2. The van der Waals surface area contributed by atoms with Crippen LogP contribution in [0.5, 0.6) is 5.75 Å². The minimum atomic E-state index is -1.02. The number of amides is 1. The number of rotatable bonds is 9. The van der Waals surface area contributed by atoms with Crippen LogP contribution in [0.3, 0.4) is 0 Å². The monoisotopic (exact) mass is 468 g/mol. The standard InChI is InChI=1S/C25H36N6O3/c1-26-22-16-23(29-19-28-22)31-13-5-10-25(33,18-31)17-27-24(32)20-6-8-21(9-7-20)34-15-14-30-11-3-2-4-12-30/h6-9,16,19,33H,2-5,10-15,17-18H2,1H3,(H,27,32)(H,26,28,29)/t25-/m0/s1. The first-order chi connectivity index (χ1) is 16.5. The molecule has 0 radical (unpaired) electrons. The molecule has 4 rings (SSSR count). The van der Waals surface area contributed by atoms with Gasteiger partial charge >= 0.3 is 0 Å². The molecular formula is C25H36N6O3. The second-order valence-electron chi connectivity index (χ2n) is 9.22. The van der Waals surface area contributed by atoms with E-state index in [1.807, 2.05) is 30.1 Å². The van der Waals surface area contributed by atoms with Crippen molar-refractivity contribution < 1.29 is 14.6 Å². The van der Waals surface area contributed by atoms with Crippen molar-refractivity contribution in [2.75, 3.05) is 63.1 Å². The Morgan fingerprint density at radius 1 is 1.12 bits per heavy atom. The van der Waals surface area contributed by atoms with Crippen LogP contribution in [0.4, 0.5) is 11.6 Å². The van der Waals surface area contributed by atoms with Crippen molar-refractivity contribution in [2.45, 2.75) is 37.7 Å². The molecule has 2 aliphatic heterocycles. The van der Waals surface area contributed by atoms with E-state index in [-0.39, 0.29) is 12.5 Å². The Labute approximate surface area is 201 Å². The Morgan fingerprint density at radius 3 is 2.68 bits per heavy atom. The van der Waals surface area contributed by atoms with Crippen LogP contribution in [0.1, 0.15) is 42.5 Å². The molecule has 34 heavy (non-hydrogen) atoms. The third-order valence-corrected chi connectivity index (χ3v) is 6.61. The van der Waals surface area contributed by atoms with Gasteiger partial charge in [-0.15, -0.1) is 0 Å². The number of ether oxygens (including phenoxy) is 1. The van der Waals surface area contributed by atoms with E-state index in [1.54, 1.807) is 12.1 Å². The Kier molecular flexibility index (Phi) is 8.18. The minimum absolute atomic E-state index is 0.181. The van der Waals surface area contributed by atoms with E-state index in [0.717, 1.165) is 50.0 Å². The molecule has 0 saturated carbocycles. The molecule has 1 aromatic carbocycles. The van der Waals surface area contributed by atoms with Gasteiger partial charge in [0.05, 0.1) is 5.60 Å². The highest BCUT2D eigenvalue weighted by atomic mass is 16.5. The van der Waals surface area contributed by atoms with E-state index >= 15 is 0 Å². The fourth-order valence-electron chi connectivity index (χ4n) is 4.63. The van der Waals surface area contributed by atoms with Crippen LogP contribution in [-0.4, -0.2) is 84.4 Å². The van der Waals surface area contributed by atoms with E-state index in [1.165, 1.54) is 25.6 Å².